The van der Waals surface area contributed by atoms with Crippen molar-refractivity contribution >= 4 is 12.0 Å². The van der Waals surface area contributed by atoms with Crippen LogP contribution in [0.25, 0.3) is 0 Å². The van der Waals surface area contributed by atoms with E-state index in [1.807, 2.05) is 41.5 Å². The number of nitrogens with zero attached hydrogens (tertiary/aromatic N) is 1. The lowest BCUT2D eigenvalue weighted by atomic mass is 9.81. The molecule has 17 heavy (non-hydrogen) atoms. The van der Waals surface area contributed by atoms with Crippen molar-refractivity contribution in [2.75, 3.05) is 6.61 Å². The number of rotatable bonds is 2. The quantitative estimate of drug-likeness (QED) is 0.746. The zero-order chi connectivity index (χ0) is 13.4. The molecule has 98 valence electrons. The summed E-state index contributed by atoms with van der Waals surface area (Å²) in [6.07, 6.45) is -0.496. The molecule has 0 aromatic heterocycles. The molecule has 0 N–H and O–H groups in total. The third-order valence-electron chi connectivity index (χ3n) is 3.58. The van der Waals surface area contributed by atoms with Crippen LogP contribution in [-0.4, -0.2) is 29.5 Å². The molecule has 1 aliphatic heterocycles. The first-order valence-corrected chi connectivity index (χ1v) is 6.16. The summed E-state index contributed by atoms with van der Waals surface area (Å²) in [6.45, 7) is 12.2. The SMILES string of the molecule is CC(C)[C@H]1COC(=O)N1C(=O)[C@@H](C)C(C)(C)C. The van der Waals surface area contributed by atoms with Crippen molar-refractivity contribution in [1.29, 1.82) is 0 Å². The Morgan fingerprint density at radius 2 is 1.88 bits per heavy atom. The number of amides is 2. The van der Waals surface area contributed by atoms with Crippen molar-refractivity contribution < 1.29 is 14.3 Å². The third-order valence-corrected chi connectivity index (χ3v) is 3.58. The Hall–Kier alpha value is -1.06. The molecule has 1 saturated heterocycles. The number of carbonyl (C=O) groups excluding carboxylic acids is 2. The monoisotopic (exact) mass is 241 g/mol. The molecule has 2 amide bonds. The molecule has 4 heteroatoms. The Balaban J connectivity index is 2.90. The number of carbonyl (C=O) groups is 2. The highest BCUT2D eigenvalue weighted by molar-refractivity contribution is 5.95. The fourth-order valence-electron chi connectivity index (χ4n) is 1.76. The summed E-state index contributed by atoms with van der Waals surface area (Å²) in [5.41, 5.74) is -0.151. The Labute approximate surface area is 103 Å². The van der Waals surface area contributed by atoms with E-state index in [0.717, 1.165) is 0 Å². The number of ether oxygens (including phenoxy) is 1. The van der Waals surface area contributed by atoms with Gasteiger partial charge in [0, 0.05) is 5.92 Å². The highest BCUT2D eigenvalue weighted by atomic mass is 16.6. The van der Waals surface area contributed by atoms with Gasteiger partial charge in [-0.05, 0) is 11.3 Å². The van der Waals surface area contributed by atoms with Crippen LogP contribution in [0.5, 0.6) is 0 Å². The van der Waals surface area contributed by atoms with E-state index >= 15 is 0 Å². The molecule has 0 radical (unpaired) electrons. The highest BCUT2D eigenvalue weighted by Gasteiger charge is 2.43. The predicted molar refractivity (Wildman–Crippen MR) is 65.4 cm³/mol. The molecule has 4 nitrogen and oxygen atoms in total. The summed E-state index contributed by atoms with van der Waals surface area (Å²) < 4.78 is 4.99. The first kappa shape index (κ1) is 14.0. The summed E-state index contributed by atoms with van der Waals surface area (Å²) >= 11 is 0. The molecule has 0 bridgehead atoms. The lowest BCUT2D eigenvalue weighted by Gasteiger charge is -2.31. The van der Waals surface area contributed by atoms with Gasteiger partial charge in [-0.3, -0.25) is 4.79 Å². The van der Waals surface area contributed by atoms with E-state index in [2.05, 4.69) is 0 Å². The first-order chi connectivity index (χ1) is 7.66. The minimum absolute atomic E-state index is 0.125. The summed E-state index contributed by atoms with van der Waals surface area (Å²) in [5, 5.41) is 0. The minimum atomic E-state index is -0.496. The normalized spacial score (nSPS) is 22.9. The fraction of sp³-hybridized carbons (Fsp3) is 0.846. The van der Waals surface area contributed by atoms with Gasteiger partial charge >= 0.3 is 6.09 Å². The van der Waals surface area contributed by atoms with Crippen LogP contribution in [0, 0.1) is 17.3 Å². The average molecular weight is 241 g/mol. The van der Waals surface area contributed by atoms with E-state index in [9.17, 15) is 9.59 Å². The Morgan fingerprint density at radius 3 is 2.29 bits per heavy atom. The number of imide groups is 1. The number of hydrogen-bond donors (Lipinski definition) is 0. The van der Waals surface area contributed by atoms with E-state index in [0.29, 0.717) is 6.61 Å². The van der Waals surface area contributed by atoms with Gasteiger partial charge in [-0.15, -0.1) is 0 Å². The molecule has 0 saturated carbocycles. The second-order valence-electron chi connectivity index (χ2n) is 6.18. The van der Waals surface area contributed by atoms with E-state index in [-0.39, 0.29) is 29.2 Å². The first-order valence-electron chi connectivity index (χ1n) is 6.16. The standard InChI is InChI=1S/C13H23NO3/c1-8(2)10-7-17-12(16)14(10)11(15)9(3)13(4,5)6/h8-10H,7H2,1-6H3/t9-,10-/m1/s1. The van der Waals surface area contributed by atoms with Gasteiger partial charge in [0.25, 0.3) is 0 Å². The van der Waals surface area contributed by atoms with Crippen LogP contribution in [0.2, 0.25) is 0 Å². The predicted octanol–water partition coefficient (Wildman–Crippen LogP) is 2.67. The smallest absolute Gasteiger partial charge is 0.416 e. The van der Waals surface area contributed by atoms with Crippen molar-refractivity contribution in [3.8, 4) is 0 Å². The Morgan fingerprint density at radius 1 is 1.35 bits per heavy atom. The van der Waals surface area contributed by atoms with Crippen molar-refractivity contribution in [1.82, 2.24) is 4.90 Å². The summed E-state index contributed by atoms with van der Waals surface area (Å²) in [4.78, 5) is 25.3. The maximum absolute atomic E-state index is 12.3. The fourth-order valence-corrected chi connectivity index (χ4v) is 1.76. The Bertz CT molecular complexity index is 317. The van der Waals surface area contributed by atoms with Crippen LogP contribution in [-0.2, 0) is 9.53 Å². The maximum atomic E-state index is 12.3. The van der Waals surface area contributed by atoms with E-state index in [4.69, 9.17) is 4.74 Å². The van der Waals surface area contributed by atoms with Crippen molar-refractivity contribution in [3.63, 3.8) is 0 Å². The van der Waals surface area contributed by atoms with Gasteiger partial charge < -0.3 is 4.74 Å². The van der Waals surface area contributed by atoms with E-state index in [1.54, 1.807) is 0 Å². The summed E-state index contributed by atoms with van der Waals surface area (Å²) in [7, 11) is 0. The van der Waals surface area contributed by atoms with Crippen LogP contribution in [0.3, 0.4) is 0 Å². The average Bonchev–Trinajstić information content (AvgIpc) is 2.56. The van der Waals surface area contributed by atoms with Crippen LogP contribution in [0.4, 0.5) is 4.79 Å². The molecule has 2 atom stereocenters. The topological polar surface area (TPSA) is 46.6 Å². The molecule has 1 fully saturated rings. The van der Waals surface area contributed by atoms with Gasteiger partial charge in [-0.2, -0.15) is 0 Å². The van der Waals surface area contributed by atoms with Gasteiger partial charge in [0.1, 0.15) is 6.61 Å². The van der Waals surface area contributed by atoms with Crippen molar-refractivity contribution in [2.45, 2.75) is 47.6 Å². The van der Waals surface area contributed by atoms with Gasteiger partial charge in [0.2, 0.25) is 5.91 Å². The lowest BCUT2D eigenvalue weighted by Crippen LogP contribution is -2.46. The lowest BCUT2D eigenvalue weighted by molar-refractivity contribution is -0.136. The molecule has 0 aromatic rings. The molecule has 1 rings (SSSR count). The van der Waals surface area contributed by atoms with Crippen LogP contribution in [0.1, 0.15) is 41.5 Å². The van der Waals surface area contributed by atoms with Gasteiger partial charge in [0.05, 0.1) is 6.04 Å². The van der Waals surface area contributed by atoms with Crippen LogP contribution in [0.15, 0.2) is 0 Å². The molecular formula is C13H23NO3. The van der Waals surface area contributed by atoms with Crippen LogP contribution >= 0.6 is 0 Å². The molecule has 0 spiro atoms. The number of hydrogen-bond acceptors (Lipinski definition) is 3. The second-order valence-corrected chi connectivity index (χ2v) is 6.18. The molecule has 0 aliphatic carbocycles. The summed E-state index contributed by atoms with van der Waals surface area (Å²) in [6, 6.07) is -0.125. The molecule has 0 unspecified atom stereocenters. The largest absolute Gasteiger partial charge is 0.447 e. The third kappa shape index (κ3) is 2.79. The molecule has 1 aliphatic rings. The van der Waals surface area contributed by atoms with E-state index < -0.39 is 6.09 Å². The van der Waals surface area contributed by atoms with Gasteiger partial charge in [-0.25, -0.2) is 9.69 Å². The Kier molecular flexibility index (Phi) is 3.84. The minimum Gasteiger partial charge on any atom is -0.447 e. The van der Waals surface area contributed by atoms with Crippen molar-refractivity contribution in [2.24, 2.45) is 17.3 Å². The van der Waals surface area contributed by atoms with Crippen LogP contribution < -0.4 is 0 Å². The van der Waals surface area contributed by atoms with Gasteiger partial charge in [0.15, 0.2) is 0 Å². The molecule has 1 heterocycles. The second kappa shape index (κ2) is 4.67. The maximum Gasteiger partial charge on any atom is 0.416 e. The molecule has 0 aromatic carbocycles. The highest BCUT2D eigenvalue weighted by Crippen LogP contribution is 2.30. The zero-order valence-electron chi connectivity index (χ0n) is 11.6. The van der Waals surface area contributed by atoms with Gasteiger partial charge in [-0.1, -0.05) is 41.5 Å². The van der Waals surface area contributed by atoms with Crippen molar-refractivity contribution in [3.05, 3.63) is 0 Å². The summed E-state index contributed by atoms with van der Waals surface area (Å²) in [5.74, 6) is -0.106. The zero-order valence-corrected chi connectivity index (χ0v) is 11.6. The van der Waals surface area contributed by atoms with E-state index in [1.165, 1.54) is 4.90 Å². The number of cyclic esters (lactones) is 1. The molecular weight excluding hydrogens is 218 g/mol.